The second kappa shape index (κ2) is 2.72. The van der Waals surface area contributed by atoms with E-state index in [2.05, 4.69) is 25.0 Å². The molecule has 0 unspecified atom stereocenters. The zero-order valence-corrected chi connectivity index (χ0v) is 6.27. The Morgan fingerprint density at radius 3 is 3.15 bits per heavy atom. The topological polar surface area (TPSA) is 90.3 Å². The first-order chi connectivity index (χ1) is 6.31. The van der Waals surface area contributed by atoms with E-state index in [1.165, 1.54) is 0 Å². The Hall–Kier alpha value is -2.14. The molecular weight excluding hydrogens is 175 g/mol. The van der Waals surface area contributed by atoms with Gasteiger partial charge in [-0.05, 0) is 16.7 Å². The summed E-state index contributed by atoms with van der Waals surface area (Å²) in [6, 6.07) is 1.61. The van der Waals surface area contributed by atoms with Gasteiger partial charge in [-0.3, -0.25) is 0 Å². The van der Waals surface area contributed by atoms with E-state index in [0.29, 0.717) is 11.0 Å². The molecule has 0 saturated carbocycles. The molecule has 0 aliphatic rings. The van der Waals surface area contributed by atoms with Crippen LogP contribution in [0.15, 0.2) is 17.4 Å². The number of azide groups is 1. The van der Waals surface area contributed by atoms with Crippen LogP contribution >= 0.6 is 0 Å². The lowest BCUT2D eigenvalue weighted by Gasteiger charge is -1.93. The van der Waals surface area contributed by atoms with E-state index >= 15 is 0 Å². The van der Waals surface area contributed by atoms with Crippen LogP contribution in [0.3, 0.4) is 0 Å². The molecule has 13 heavy (non-hydrogen) atoms. The van der Waals surface area contributed by atoms with Gasteiger partial charge in [-0.25, -0.2) is 0 Å². The fraction of sp³-hybridized carbons (Fsp3) is 0. The molecule has 64 valence electrons. The minimum atomic E-state index is -0.919. The van der Waals surface area contributed by atoms with E-state index in [-0.39, 0.29) is 5.82 Å². The zero-order valence-electron chi connectivity index (χ0n) is 6.27. The van der Waals surface area contributed by atoms with Crippen LogP contribution in [0.25, 0.3) is 21.5 Å². The van der Waals surface area contributed by atoms with Crippen LogP contribution in [0, 0.1) is 6.08 Å². The molecule has 0 bridgehead atoms. The van der Waals surface area contributed by atoms with Crippen LogP contribution in [0.1, 0.15) is 0 Å². The molecule has 0 atom stereocenters. The first-order valence-corrected chi connectivity index (χ1v) is 3.37. The molecule has 0 aromatic carbocycles. The predicted molar refractivity (Wildman–Crippen MR) is 42.7 cm³/mol. The third-order valence-corrected chi connectivity index (χ3v) is 1.51. The SMILES string of the molecule is [N-]=[N+]=Nc1nc(F)nc2[nH]ccc12. The van der Waals surface area contributed by atoms with E-state index in [9.17, 15) is 4.39 Å². The third kappa shape index (κ3) is 1.17. The van der Waals surface area contributed by atoms with E-state index in [1.807, 2.05) is 0 Å². The molecule has 0 saturated heterocycles. The lowest BCUT2D eigenvalue weighted by molar-refractivity contribution is 0.545. The van der Waals surface area contributed by atoms with Crippen molar-refractivity contribution in [3.63, 3.8) is 0 Å². The highest BCUT2D eigenvalue weighted by atomic mass is 19.1. The minimum Gasteiger partial charge on any atom is -0.346 e. The van der Waals surface area contributed by atoms with Gasteiger partial charge in [0.25, 0.3) is 0 Å². The molecule has 0 aliphatic heterocycles. The van der Waals surface area contributed by atoms with E-state index in [0.717, 1.165) is 0 Å². The Labute approximate surface area is 71.1 Å². The summed E-state index contributed by atoms with van der Waals surface area (Å²) in [5.74, 6) is -0.00810. The standard InChI is InChI=1S/C6H3FN6/c7-6-10-4-3(1-2-9-4)5(11-6)12-13-8/h1-2H,(H,9,10,11). The van der Waals surface area contributed by atoms with Gasteiger partial charge in [0.15, 0.2) is 0 Å². The van der Waals surface area contributed by atoms with Crippen molar-refractivity contribution in [2.75, 3.05) is 0 Å². The molecule has 0 spiro atoms. The maximum atomic E-state index is 12.7. The summed E-state index contributed by atoms with van der Waals surface area (Å²) in [6.07, 6.45) is 0.646. The van der Waals surface area contributed by atoms with Gasteiger partial charge >= 0.3 is 6.08 Å². The zero-order chi connectivity index (χ0) is 9.26. The third-order valence-electron chi connectivity index (χ3n) is 1.51. The van der Waals surface area contributed by atoms with Crippen molar-refractivity contribution in [2.45, 2.75) is 0 Å². The summed E-state index contributed by atoms with van der Waals surface area (Å²) in [7, 11) is 0. The number of hydrogen-bond acceptors (Lipinski definition) is 3. The van der Waals surface area contributed by atoms with Gasteiger partial charge in [0.2, 0.25) is 0 Å². The number of fused-ring (bicyclic) bond motifs is 1. The maximum Gasteiger partial charge on any atom is 0.311 e. The van der Waals surface area contributed by atoms with Crippen molar-refractivity contribution in [1.29, 1.82) is 0 Å². The molecule has 6 nitrogen and oxygen atoms in total. The molecule has 0 aliphatic carbocycles. The van der Waals surface area contributed by atoms with Crippen LogP contribution in [-0.4, -0.2) is 15.0 Å². The van der Waals surface area contributed by atoms with Gasteiger partial charge in [-0.15, -0.1) is 0 Å². The van der Waals surface area contributed by atoms with E-state index < -0.39 is 6.08 Å². The van der Waals surface area contributed by atoms with Crippen molar-refractivity contribution >= 4 is 16.9 Å². The molecule has 2 rings (SSSR count). The Balaban J connectivity index is 2.84. The first kappa shape index (κ1) is 7.51. The van der Waals surface area contributed by atoms with Crippen molar-refractivity contribution in [2.24, 2.45) is 5.11 Å². The number of halogens is 1. The minimum absolute atomic E-state index is 0.00810. The molecule has 2 heterocycles. The summed E-state index contributed by atoms with van der Waals surface area (Å²) in [6.45, 7) is 0. The van der Waals surface area contributed by atoms with Gasteiger partial charge in [0, 0.05) is 16.5 Å². The Morgan fingerprint density at radius 2 is 2.38 bits per heavy atom. The van der Waals surface area contributed by atoms with Crippen molar-refractivity contribution < 1.29 is 4.39 Å². The smallest absolute Gasteiger partial charge is 0.311 e. The molecule has 0 amide bonds. The Kier molecular flexibility index (Phi) is 1.57. The molecule has 7 heteroatoms. The lowest BCUT2D eigenvalue weighted by atomic mass is 10.4. The first-order valence-electron chi connectivity index (χ1n) is 3.37. The highest BCUT2D eigenvalue weighted by Gasteiger charge is 2.05. The van der Waals surface area contributed by atoms with Crippen LogP contribution < -0.4 is 0 Å². The Bertz CT molecular complexity index is 497. The second-order valence-electron chi connectivity index (χ2n) is 2.25. The molecule has 0 radical (unpaired) electrons. The van der Waals surface area contributed by atoms with Crippen molar-refractivity contribution in [1.82, 2.24) is 15.0 Å². The largest absolute Gasteiger partial charge is 0.346 e. The van der Waals surface area contributed by atoms with Gasteiger partial charge in [0.05, 0.1) is 0 Å². The quantitative estimate of drug-likeness (QED) is 0.313. The molecule has 0 fully saturated rings. The second-order valence-corrected chi connectivity index (χ2v) is 2.25. The van der Waals surface area contributed by atoms with Crippen molar-refractivity contribution in [3.8, 4) is 0 Å². The monoisotopic (exact) mass is 178 g/mol. The number of nitrogens with zero attached hydrogens (tertiary/aromatic N) is 5. The van der Waals surface area contributed by atoms with E-state index in [1.54, 1.807) is 12.3 Å². The van der Waals surface area contributed by atoms with Gasteiger partial charge in [0.1, 0.15) is 11.5 Å². The van der Waals surface area contributed by atoms with Crippen LogP contribution in [-0.2, 0) is 0 Å². The molecular formula is C6H3FN6. The van der Waals surface area contributed by atoms with Crippen LogP contribution in [0.2, 0.25) is 0 Å². The summed E-state index contributed by atoms with van der Waals surface area (Å²) in [5, 5.41) is 3.74. The summed E-state index contributed by atoms with van der Waals surface area (Å²) < 4.78 is 12.7. The summed E-state index contributed by atoms with van der Waals surface area (Å²) in [5.41, 5.74) is 8.49. The molecule has 1 N–H and O–H groups in total. The van der Waals surface area contributed by atoms with Gasteiger partial charge in [-0.1, -0.05) is 0 Å². The lowest BCUT2D eigenvalue weighted by Crippen LogP contribution is -1.88. The van der Waals surface area contributed by atoms with Gasteiger partial charge < -0.3 is 4.98 Å². The number of H-pyrrole nitrogens is 1. The van der Waals surface area contributed by atoms with E-state index in [4.69, 9.17) is 5.53 Å². The maximum absolute atomic E-state index is 12.7. The number of aromatic nitrogens is 3. The van der Waals surface area contributed by atoms with Gasteiger partial charge in [-0.2, -0.15) is 14.4 Å². The number of nitrogens with one attached hydrogen (secondary N) is 1. The number of aromatic amines is 1. The summed E-state index contributed by atoms with van der Waals surface area (Å²) >= 11 is 0. The fourth-order valence-electron chi connectivity index (χ4n) is 1.02. The normalized spacial score (nSPS) is 9.92. The highest BCUT2D eigenvalue weighted by Crippen LogP contribution is 2.21. The number of hydrogen-bond donors (Lipinski definition) is 1. The van der Waals surface area contributed by atoms with Crippen LogP contribution in [0.5, 0.6) is 0 Å². The fourth-order valence-corrected chi connectivity index (χ4v) is 1.02. The van der Waals surface area contributed by atoms with Crippen molar-refractivity contribution in [3.05, 3.63) is 28.8 Å². The average molecular weight is 178 g/mol. The highest BCUT2D eigenvalue weighted by molar-refractivity contribution is 5.84. The Morgan fingerprint density at radius 1 is 1.54 bits per heavy atom. The predicted octanol–water partition coefficient (Wildman–Crippen LogP) is 2.04. The van der Waals surface area contributed by atoms with Crippen LogP contribution in [0.4, 0.5) is 10.2 Å². The summed E-state index contributed by atoms with van der Waals surface area (Å²) in [4.78, 5) is 12.0. The number of rotatable bonds is 1. The molecule has 2 aromatic rings. The molecule has 2 aromatic heterocycles. The average Bonchev–Trinajstić information content (AvgIpc) is 2.52.